The minimum Gasteiger partial charge on any atom is -0.304 e. The minimum absolute atomic E-state index is 0.0293. The van der Waals surface area contributed by atoms with Crippen molar-refractivity contribution in [3.63, 3.8) is 0 Å². The number of imidazole rings is 1. The Labute approximate surface area is 126 Å². The highest BCUT2D eigenvalue weighted by molar-refractivity contribution is 7.90. The van der Waals surface area contributed by atoms with Crippen LogP contribution in [0.5, 0.6) is 0 Å². The van der Waals surface area contributed by atoms with Gasteiger partial charge in [-0.15, -0.1) is 0 Å². The third-order valence-corrected chi connectivity index (χ3v) is 3.96. The molecule has 0 unspecified atom stereocenters. The molecule has 0 bridgehead atoms. The number of hydrogen-bond acceptors (Lipinski definition) is 5. The van der Waals surface area contributed by atoms with E-state index < -0.39 is 15.7 Å². The number of amides is 1. The number of pyridine rings is 1. The van der Waals surface area contributed by atoms with E-state index in [1.807, 2.05) is 0 Å². The molecular formula is C13H13N5O3S. The number of H-pyrrole nitrogens is 1. The highest BCUT2D eigenvalue weighted by Crippen LogP contribution is 2.18. The predicted molar refractivity (Wildman–Crippen MR) is 79.6 cm³/mol. The van der Waals surface area contributed by atoms with Gasteiger partial charge in [-0.25, -0.2) is 13.4 Å². The van der Waals surface area contributed by atoms with Gasteiger partial charge in [-0.05, 0) is 19.1 Å². The average molecular weight is 319 g/mol. The van der Waals surface area contributed by atoms with Crippen LogP contribution in [0.3, 0.4) is 0 Å². The molecule has 0 aliphatic rings. The highest BCUT2D eigenvalue weighted by atomic mass is 32.2. The number of rotatable bonds is 3. The number of aromatic nitrogens is 4. The van der Waals surface area contributed by atoms with Crippen molar-refractivity contribution >= 4 is 27.1 Å². The summed E-state index contributed by atoms with van der Waals surface area (Å²) >= 11 is 0. The summed E-state index contributed by atoms with van der Waals surface area (Å²) in [6.45, 7) is 1.80. The van der Waals surface area contributed by atoms with Crippen molar-refractivity contribution in [1.29, 1.82) is 0 Å². The van der Waals surface area contributed by atoms with Crippen molar-refractivity contribution in [2.45, 2.75) is 12.1 Å². The molecule has 9 heteroatoms. The van der Waals surface area contributed by atoms with Gasteiger partial charge in [-0.2, -0.15) is 5.10 Å². The summed E-state index contributed by atoms with van der Waals surface area (Å²) in [5.74, 6) is -0.175. The number of anilines is 1. The van der Waals surface area contributed by atoms with Crippen molar-refractivity contribution in [3.8, 4) is 0 Å². The van der Waals surface area contributed by atoms with Crippen molar-refractivity contribution in [2.75, 3.05) is 11.6 Å². The van der Waals surface area contributed by atoms with Gasteiger partial charge in [0.1, 0.15) is 0 Å². The van der Waals surface area contributed by atoms with Crippen LogP contribution in [0.25, 0.3) is 5.52 Å². The first kappa shape index (κ1) is 14.3. The van der Waals surface area contributed by atoms with E-state index in [2.05, 4.69) is 20.5 Å². The fourth-order valence-corrected chi connectivity index (χ4v) is 2.87. The Morgan fingerprint density at radius 3 is 2.77 bits per heavy atom. The molecule has 0 fully saturated rings. The van der Waals surface area contributed by atoms with Crippen LogP contribution in [0.2, 0.25) is 0 Å². The van der Waals surface area contributed by atoms with Crippen LogP contribution in [-0.4, -0.2) is 40.2 Å². The van der Waals surface area contributed by atoms with Gasteiger partial charge in [0.2, 0.25) is 15.0 Å². The quantitative estimate of drug-likeness (QED) is 0.749. The summed E-state index contributed by atoms with van der Waals surface area (Å²) < 4.78 is 25.0. The minimum atomic E-state index is -3.56. The van der Waals surface area contributed by atoms with Gasteiger partial charge in [0, 0.05) is 24.2 Å². The van der Waals surface area contributed by atoms with Crippen molar-refractivity contribution in [3.05, 3.63) is 41.9 Å². The molecule has 0 atom stereocenters. The lowest BCUT2D eigenvalue weighted by Crippen LogP contribution is -2.13. The Balaban J connectivity index is 2.09. The maximum absolute atomic E-state index is 12.3. The Kier molecular flexibility index (Phi) is 3.21. The lowest BCUT2D eigenvalue weighted by Gasteiger charge is -1.99. The van der Waals surface area contributed by atoms with Gasteiger partial charge in [0.05, 0.1) is 5.52 Å². The number of sulfone groups is 1. The van der Waals surface area contributed by atoms with Gasteiger partial charge >= 0.3 is 0 Å². The zero-order valence-electron chi connectivity index (χ0n) is 11.9. The Morgan fingerprint density at radius 1 is 1.36 bits per heavy atom. The largest absolute Gasteiger partial charge is 0.304 e. The summed E-state index contributed by atoms with van der Waals surface area (Å²) in [6.07, 6.45) is 2.60. The molecule has 0 aromatic carbocycles. The van der Waals surface area contributed by atoms with Gasteiger partial charge in [-0.1, -0.05) is 6.07 Å². The number of nitrogens with one attached hydrogen (secondary N) is 2. The molecule has 3 rings (SSSR count). The van der Waals surface area contributed by atoms with E-state index in [9.17, 15) is 13.2 Å². The van der Waals surface area contributed by atoms with Crippen LogP contribution in [0.1, 0.15) is 16.2 Å². The normalized spacial score (nSPS) is 11.7. The van der Waals surface area contributed by atoms with Gasteiger partial charge in [0.15, 0.2) is 11.5 Å². The second-order valence-corrected chi connectivity index (χ2v) is 6.77. The summed E-state index contributed by atoms with van der Waals surface area (Å²) in [4.78, 5) is 16.3. The number of aromatic amines is 1. The number of carbonyl (C=O) groups excluding carboxylic acids is 1. The van der Waals surface area contributed by atoms with E-state index in [0.717, 1.165) is 11.9 Å². The third-order valence-electron chi connectivity index (χ3n) is 3.01. The predicted octanol–water partition coefficient (Wildman–Crippen LogP) is 1.02. The number of nitrogens with zero attached hydrogens (tertiary/aromatic N) is 3. The van der Waals surface area contributed by atoms with E-state index in [0.29, 0.717) is 11.3 Å². The molecular weight excluding hydrogens is 306 g/mol. The highest BCUT2D eigenvalue weighted by Gasteiger charge is 2.23. The van der Waals surface area contributed by atoms with E-state index >= 15 is 0 Å². The molecule has 0 saturated heterocycles. The molecule has 0 radical (unpaired) electrons. The lowest BCUT2D eigenvalue weighted by atomic mass is 10.3. The molecule has 22 heavy (non-hydrogen) atoms. The fraction of sp³-hybridized carbons (Fsp3) is 0.154. The summed E-state index contributed by atoms with van der Waals surface area (Å²) in [6, 6.07) is 6.67. The lowest BCUT2D eigenvalue weighted by molar-refractivity contribution is 0.102. The van der Waals surface area contributed by atoms with Gasteiger partial charge < -0.3 is 5.32 Å². The van der Waals surface area contributed by atoms with Crippen LogP contribution in [-0.2, 0) is 9.84 Å². The monoisotopic (exact) mass is 319 g/mol. The smallest absolute Gasteiger partial charge is 0.277 e. The molecule has 0 aliphatic carbocycles. The molecule has 0 saturated carbocycles. The molecule has 3 heterocycles. The van der Waals surface area contributed by atoms with Gasteiger partial charge in [-0.3, -0.25) is 14.3 Å². The average Bonchev–Trinajstić information content (AvgIpc) is 3.02. The van der Waals surface area contributed by atoms with Crippen LogP contribution in [0.15, 0.2) is 35.6 Å². The molecule has 3 aromatic rings. The van der Waals surface area contributed by atoms with Crippen molar-refractivity contribution < 1.29 is 13.2 Å². The third kappa shape index (κ3) is 2.46. The standard InChI is InChI=1S/C13H13N5O3S/c1-8-7-10(17-16-8)14-12(19)11-9-5-3-4-6-18(9)13(15-11)22(2,20)21/h3-7H,1-2H3,(H2,14,16,17,19). The summed E-state index contributed by atoms with van der Waals surface area (Å²) in [5.41, 5.74) is 1.23. The first-order valence-electron chi connectivity index (χ1n) is 6.37. The molecule has 114 valence electrons. The fourth-order valence-electron chi connectivity index (χ4n) is 2.10. The SMILES string of the molecule is Cc1cc(NC(=O)c2nc(S(C)(=O)=O)n3ccccc23)n[nH]1. The van der Waals surface area contributed by atoms with E-state index in [-0.39, 0.29) is 10.9 Å². The van der Waals surface area contributed by atoms with Crippen molar-refractivity contribution in [1.82, 2.24) is 19.6 Å². The molecule has 8 nitrogen and oxygen atoms in total. The molecule has 0 aliphatic heterocycles. The van der Waals surface area contributed by atoms with E-state index in [1.165, 1.54) is 4.40 Å². The summed E-state index contributed by atoms with van der Waals surface area (Å²) in [7, 11) is -3.56. The van der Waals surface area contributed by atoms with Crippen molar-refractivity contribution in [2.24, 2.45) is 0 Å². The first-order valence-corrected chi connectivity index (χ1v) is 8.26. The Hall–Kier alpha value is -2.68. The molecule has 2 N–H and O–H groups in total. The molecule has 0 spiro atoms. The number of fused-ring (bicyclic) bond motifs is 1. The topological polar surface area (TPSA) is 109 Å². The van der Waals surface area contributed by atoms with Crippen LogP contribution >= 0.6 is 0 Å². The maximum Gasteiger partial charge on any atom is 0.277 e. The van der Waals surface area contributed by atoms with Crippen LogP contribution in [0, 0.1) is 6.92 Å². The number of hydrogen-bond donors (Lipinski definition) is 2. The van der Waals surface area contributed by atoms with E-state index in [4.69, 9.17) is 0 Å². The number of carbonyl (C=O) groups is 1. The Bertz CT molecular complexity index is 971. The molecule has 3 aromatic heterocycles. The number of aryl methyl sites for hydroxylation is 1. The zero-order valence-corrected chi connectivity index (χ0v) is 12.7. The Morgan fingerprint density at radius 2 is 2.14 bits per heavy atom. The second kappa shape index (κ2) is 4.95. The zero-order chi connectivity index (χ0) is 15.9. The van der Waals surface area contributed by atoms with Gasteiger partial charge in [0.25, 0.3) is 5.91 Å². The maximum atomic E-state index is 12.3. The molecule has 1 amide bonds. The van der Waals surface area contributed by atoms with Crippen LogP contribution in [0.4, 0.5) is 5.82 Å². The summed E-state index contributed by atoms with van der Waals surface area (Å²) in [5, 5.41) is 9.02. The second-order valence-electron chi connectivity index (χ2n) is 4.86. The first-order chi connectivity index (χ1) is 10.4. The van der Waals surface area contributed by atoms with Crippen LogP contribution < -0.4 is 5.32 Å². The van der Waals surface area contributed by atoms with E-state index in [1.54, 1.807) is 37.4 Å².